The van der Waals surface area contributed by atoms with Crippen LogP contribution in [0.4, 0.5) is 15.2 Å². The fourth-order valence-electron chi connectivity index (χ4n) is 1.77. The Labute approximate surface area is 114 Å². The number of rotatable bonds is 4. The van der Waals surface area contributed by atoms with E-state index < -0.39 is 5.97 Å². The van der Waals surface area contributed by atoms with Crippen molar-refractivity contribution >= 4 is 28.1 Å². The Bertz CT molecular complexity index is 612. The zero-order valence-electron chi connectivity index (χ0n) is 10.6. The molecule has 0 aliphatic rings. The van der Waals surface area contributed by atoms with Crippen LogP contribution < -0.4 is 4.90 Å². The summed E-state index contributed by atoms with van der Waals surface area (Å²) in [6, 6.07) is 6.16. The van der Waals surface area contributed by atoms with Crippen molar-refractivity contribution in [3.63, 3.8) is 0 Å². The summed E-state index contributed by atoms with van der Waals surface area (Å²) in [4.78, 5) is 17.5. The molecule has 0 amide bonds. The van der Waals surface area contributed by atoms with Crippen LogP contribution in [0.25, 0.3) is 0 Å². The largest absolute Gasteiger partial charge is 0.476 e. The number of hydrogen-bond donors (Lipinski definition) is 1. The summed E-state index contributed by atoms with van der Waals surface area (Å²) in [5.41, 5.74) is 0.711. The maximum Gasteiger partial charge on any atom is 0.355 e. The first-order valence-corrected chi connectivity index (χ1v) is 6.58. The van der Waals surface area contributed by atoms with Gasteiger partial charge in [0, 0.05) is 17.1 Å². The lowest BCUT2D eigenvalue weighted by Crippen LogP contribution is -2.16. The number of anilines is 2. The zero-order chi connectivity index (χ0) is 14.0. The molecule has 0 saturated carbocycles. The second kappa shape index (κ2) is 5.36. The quantitative estimate of drug-likeness (QED) is 0.932. The second-order valence-corrected chi connectivity index (χ2v) is 5.11. The Hall–Kier alpha value is -1.95. The van der Waals surface area contributed by atoms with E-state index >= 15 is 0 Å². The molecule has 0 aliphatic carbocycles. The number of carboxylic acid groups (broad SMARTS) is 1. The summed E-state index contributed by atoms with van der Waals surface area (Å²) in [5.74, 6) is -1.38. The monoisotopic (exact) mass is 280 g/mol. The molecule has 1 aromatic carbocycles. The van der Waals surface area contributed by atoms with Crippen molar-refractivity contribution in [2.45, 2.75) is 13.8 Å². The lowest BCUT2D eigenvalue weighted by atomic mass is 10.3. The maximum absolute atomic E-state index is 13.3. The molecule has 0 unspecified atom stereocenters. The Morgan fingerprint density at radius 2 is 2.26 bits per heavy atom. The molecule has 2 aromatic rings. The van der Waals surface area contributed by atoms with Crippen LogP contribution in [0.15, 0.2) is 24.3 Å². The van der Waals surface area contributed by atoms with E-state index in [-0.39, 0.29) is 11.5 Å². The lowest BCUT2D eigenvalue weighted by molar-refractivity contribution is 0.0690. The molecule has 0 fully saturated rings. The van der Waals surface area contributed by atoms with Gasteiger partial charge in [0.25, 0.3) is 0 Å². The first-order valence-electron chi connectivity index (χ1n) is 5.76. The third kappa shape index (κ3) is 2.73. The molecule has 2 rings (SSSR count). The molecule has 1 aromatic heterocycles. The Balaban J connectivity index is 2.42. The predicted octanol–water partition coefficient (Wildman–Crippen LogP) is 3.45. The van der Waals surface area contributed by atoms with Gasteiger partial charge in [-0.25, -0.2) is 14.2 Å². The molecule has 0 atom stereocenters. The summed E-state index contributed by atoms with van der Waals surface area (Å²) in [6.45, 7) is 4.20. The summed E-state index contributed by atoms with van der Waals surface area (Å²) in [6.07, 6.45) is 0. The Kier molecular flexibility index (Phi) is 3.80. The molecule has 100 valence electrons. The number of aryl methyl sites for hydroxylation is 1. The first kappa shape index (κ1) is 13.5. The van der Waals surface area contributed by atoms with Gasteiger partial charge in [-0.2, -0.15) is 0 Å². The number of thiazole rings is 1. The van der Waals surface area contributed by atoms with Crippen molar-refractivity contribution in [2.24, 2.45) is 0 Å². The molecule has 0 aliphatic heterocycles. The Morgan fingerprint density at radius 1 is 1.53 bits per heavy atom. The predicted molar refractivity (Wildman–Crippen MR) is 72.9 cm³/mol. The molecule has 6 heteroatoms. The fourth-order valence-corrected chi connectivity index (χ4v) is 2.75. The highest BCUT2D eigenvalue weighted by Gasteiger charge is 2.18. The summed E-state index contributed by atoms with van der Waals surface area (Å²) < 4.78 is 13.3. The molecule has 19 heavy (non-hydrogen) atoms. The standard InChI is InChI=1S/C13H13FN2O2S/c1-3-16(10-6-4-5-9(14)7-10)13-15-11(12(17)18)8(2)19-13/h4-7H,3H2,1-2H3,(H,17,18). The fraction of sp³-hybridized carbons (Fsp3) is 0.231. The normalized spacial score (nSPS) is 10.5. The van der Waals surface area contributed by atoms with Crippen LogP contribution in [0, 0.1) is 12.7 Å². The van der Waals surface area contributed by atoms with Gasteiger partial charge in [0.1, 0.15) is 5.82 Å². The van der Waals surface area contributed by atoms with E-state index in [1.165, 1.54) is 23.5 Å². The molecule has 1 heterocycles. The molecular formula is C13H13FN2O2S. The number of aromatic carboxylic acids is 1. The van der Waals surface area contributed by atoms with Gasteiger partial charge >= 0.3 is 5.97 Å². The van der Waals surface area contributed by atoms with Gasteiger partial charge in [-0.05, 0) is 32.0 Å². The van der Waals surface area contributed by atoms with Crippen LogP contribution in [0.1, 0.15) is 22.3 Å². The average Bonchev–Trinajstić information content (AvgIpc) is 2.72. The molecule has 4 nitrogen and oxygen atoms in total. The highest BCUT2D eigenvalue weighted by Crippen LogP contribution is 2.31. The summed E-state index contributed by atoms with van der Waals surface area (Å²) in [5, 5.41) is 9.57. The van der Waals surface area contributed by atoms with Crippen molar-refractivity contribution in [1.82, 2.24) is 4.98 Å². The maximum atomic E-state index is 13.3. The van der Waals surface area contributed by atoms with Crippen LogP contribution in [0.3, 0.4) is 0 Å². The van der Waals surface area contributed by atoms with Crippen LogP contribution >= 0.6 is 11.3 Å². The SMILES string of the molecule is CCN(c1cccc(F)c1)c1nc(C(=O)O)c(C)s1. The molecule has 0 radical (unpaired) electrons. The minimum absolute atomic E-state index is 0.0508. The van der Waals surface area contributed by atoms with Crippen molar-refractivity contribution in [2.75, 3.05) is 11.4 Å². The minimum Gasteiger partial charge on any atom is -0.476 e. The number of carbonyl (C=O) groups is 1. The van der Waals surface area contributed by atoms with Gasteiger partial charge in [-0.15, -0.1) is 11.3 Å². The second-order valence-electron chi connectivity index (χ2n) is 3.93. The van der Waals surface area contributed by atoms with Crippen molar-refractivity contribution in [1.29, 1.82) is 0 Å². The van der Waals surface area contributed by atoms with Crippen LogP contribution in [0.5, 0.6) is 0 Å². The highest BCUT2D eigenvalue weighted by atomic mass is 32.1. The smallest absolute Gasteiger partial charge is 0.355 e. The molecule has 1 N–H and O–H groups in total. The van der Waals surface area contributed by atoms with E-state index in [1.807, 2.05) is 6.92 Å². The summed E-state index contributed by atoms with van der Waals surface area (Å²) >= 11 is 1.29. The number of benzene rings is 1. The van der Waals surface area contributed by atoms with E-state index in [2.05, 4.69) is 4.98 Å². The van der Waals surface area contributed by atoms with E-state index in [9.17, 15) is 9.18 Å². The first-order chi connectivity index (χ1) is 9.02. The van der Waals surface area contributed by atoms with Crippen LogP contribution in [-0.2, 0) is 0 Å². The topological polar surface area (TPSA) is 53.4 Å². The number of aromatic nitrogens is 1. The lowest BCUT2D eigenvalue weighted by Gasteiger charge is -2.19. The zero-order valence-corrected chi connectivity index (χ0v) is 11.4. The van der Waals surface area contributed by atoms with Gasteiger partial charge in [0.15, 0.2) is 10.8 Å². The molecule has 0 saturated heterocycles. The van der Waals surface area contributed by atoms with Crippen LogP contribution in [-0.4, -0.2) is 22.6 Å². The number of nitrogens with zero attached hydrogens (tertiary/aromatic N) is 2. The number of hydrogen-bond acceptors (Lipinski definition) is 4. The van der Waals surface area contributed by atoms with Crippen LogP contribution in [0.2, 0.25) is 0 Å². The Morgan fingerprint density at radius 3 is 2.79 bits per heavy atom. The van der Waals surface area contributed by atoms with E-state index in [1.54, 1.807) is 24.0 Å². The van der Waals surface area contributed by atoms with E-state index in [4.69, 9.17) is 5.11 Å². The number of carboxylic acids is 1. The average molecular weight is 280 g/mol. The van der Waals surface area contributed by atoms with Crippen molar-refractivity contribution in [3.8, 4) is 0 Å². The van der Waals surface area contributed by atoms with Crippen molar-refractivity contribution < 1.29 is 14.3 Å². The molecule has 0 spiro atoms. The molecule has 0 bridgehead atoms. The van der Waals surface area contributed by atoms with Gasteiger partial charge in [-0.1, -0.05) is 6.07 Å². The van der Waals surface area contributed by atoms with Gasteiger partial charge < -0.3 is 10.0 Å². The van der Waals surface area contributed by atoms with Crippen molar-refractivity contribution in [3.05, 3.63) is 40.7 Å². The highest BCUT2D eigenvalue weighted by molar-refractivity contribution is 7.15. The van der Waals surface area contributed by atoms with Gasteiger partial charge in [0.05, 0.1) is 0 Å². The summed E-state index contributed by atoms with van der Waals surface area (Å²) in [7, 11) is 0. The van der Waals surface area contributed by atoms with E-state index in [0.29, 0.717) is 22.2 Å². The molecular weight excluding hydrogens is 267 g/mol. The van der Waals surface area contributed by atoms with Gasteiger partial charge in [0.2, 0.25) is 0 Å². The minimum atomic E-state index is -1.05. The third-order valence-corrected chi connectivity index (χ3v) is 3.65. The number of halogens is 1. The van der Waals surface area contributed by atoms with Gasteiger partial charge in [-0.3, -0.25) is 0 Å². The third-order valence-electron chi connectivity index (χ3n) is 2.65. The van der Waals surface area contributed by atoms with E-state index in [0.717, 1.165) is 0 Å².